The fourth-order valence-corrected chi connectivity index (χ4v) is 1.62. The number of methoxy groups -OCH3 is 2. The standard InChI is InChI=1S/C13H20N2O5/c1-9(2)14-5-6-20-11-8-13(19-4)12(18-3)7-10(11)15(16)17/h7-9,14H,5-6H2,1-4H3. The number of nitrogens with one attached hydrogen (secondary N) is 1. The van der Waals surface area contributed by atoms with Gasteiger partial charge in [-0.1, -0.05) is 13.8 Å². The minimum absolute atomic E-state index is 0.146. The van der Waals surface area contributed by atoms with Gasteiger partial charge in [-0.3, -0.25) is 10.1 Å². The lowest BCUT2D eigenvalue weighted by molar-refractivity contribution is -0.385. The maximum Gasteiger partial charge on any atom is 0.314 e. The first kappa shape index (κ1) is 16.0. The molecule has 0 fully saturated rings. The first-order valence-corrected chi connectivity index (χ1v) is 6.26. The average molecular weight is 284 g/mol. The number of nitro benzene ring substituents is 1. The first-order chi connectivity index (χ1) is 9.49. The van der Waals surface area contributed by atoms with Crippen LogP contribution in [0.4, 0.5) is 5.69 Å². The van der Waals surface area contributed by atoms with Crippen LogP contribution in [0.5, 0.6) is 17.2 Å². The number of benzene rings is 1. The van der Waals surface area contributed by atoms with Gasteiger partial charge in [0.15, 0.2) is 11.5 Å². The maximum absolute atomic E-state index is 11.0. The van der Waals surface area contributed by atoms with Crippen LogP contribution in [0.15, 0.2) is 12.1 Å². The number of ether oxygens (including phenoxy) is 3. The quantitative estimate of drug-likeness (QED) is 0.446. The van der Waals surface area contributed by atoms with Gasteiger partial charge in [0.1, 0.15) is 6.61 Å². The molecule has 1 rings (SSSR count). The van der Waals surface area contributed by atoms with Gasteiger partial charge in [0, 0.05) is 18.7 Å². The molecular formula is C13H20N2O5. The summed E-state index contributed by atoms with van der Waals surface area (Å²) in [5.41, 5.74) is -0.146. The number of hydrogen-bond acceptors (Lipinski definition) is 6. The topological polar surface area (TPSA) is 82.9 Å². The van der Waals surface area contributed by atoms with Gasteiger partial charge in [0.05, 0.1) is 25.2 Å². The van der Waals surface area contributed by atoms with Crippen LogP contribution in [-0.2, 0) is 0 Å². The molecule has 1 aromatic rings. The molecule has 0 radical (unpaired) electrons. The molecule has 0 saturated heterocycles. The average Bonchev–Trinajstić information content (AvgIpc) is 2.42. The van der Waals surface area contributed by atoms with Crippen LogP contribution in [0.2, 0.25) is 0 Å². The van der Waals surface area contributed by atoms with Crippen LogP contribution in [0.1, 0.15) is 13.8 Å². The number of nitro groups is 1. The third kappa shape index (κ3) is 4.27. The fraction of sp³-hybridized carbons (Fsp3) is 0.538. The zero-order valence-electron chi connectivity index (χ0n) is 12.1. The first-order valence-electron chi connectivity index (χ1n) is 6.26. The van der Waals surface area contributed by atoms with E-state index in [1.54, 1.807) is 0 Å². The molecule has 0 aromatic heterocycles. The van der Waals surface area contributed by atoms with E-state index in [2.05, 4.69) is 5.32 Å². The van der Waals surface area contributed by atoms with Crippen molar-refractivity contribution in [2.24, 2.45) is 0 Å². The van der Waals surface area contributed by atoms with Crippen LogP contribution in [0, 0.1) is 10.1 Å². The summed E-state index contributed by atoms with van der Waals surface area (Å²) in [6, 6.07) is 3.09. The lowest BCUT2D eigenvalue weighted by atomic mass is 10.2. The predicted molar refractivity (Wildman–Crippen MR) is 74.8 cm³/mol. The Morgan fingerprint density at radius 2 is 1.80 bits per heavy atom. The molecule has 112 valence electrons. The molecule has 0 spiro atoms. The summed E-state index contributed by atoms with van der Waals surface area (Å²) >= 11 is 0. The van der Waals surface area contributed by atoms with Crippen molar-refractivity contribution in [3.8, 4) is 17.2 Å². The minimum Gasteiger partial charge on any atom is -0.493 e. The Morgan fingerprint density at radius 3 is 2.30 bits per heavy atom. The zero-order chi connectivity index (χ0) is 15.1. The molecular weight excluding hydrogens is 264 g/mol. The molecule has 7 nitrogen and oxygen atoms in total. The van der Waals surface area contributed by atoms with Crippen molar-refractivity contribution in [1.29, 1.82) is 0 Å². The van der Waals surface area contributed by atoms with Gasteiger partial charge in [0.2, 0.25) is 5.75 Å². The van der Waals surface area contributed by atoms with Gasteiger partial charge >= 0.3 is 5.69 Å². The Morgan fingerprint density at radius 1 is 1.20 bits per heavy atom. The fourth-order valence-electron chi connectivity index (χ4n) is 1.62. The SMILES string of the molecule is COc1cc(OCCNC(C)C)c([N+](=O)[O-])cc1OC. The normalized spacial score (nSPS) is 10.4. The van der Waals surface area contributed by atoms with Gasteiger partial charge in [-0.15, -0.1) is 0 Å². The molecule has 0 aliphatic rings. The van der Waals surface area contributed by atoms with E-state index >= 15 is 0 Å². The van der Waals surface area contributed by atoms with Crippen molar-refractivity contribution >= 4 is 5.69 Å². The molecule has 0 amide bonds. The van der Waals surface area contributed by atoms with Gasteiger partial charge in [0.25, 0.3) is 0 Å². The molecule has 1 aromatic carbocycles. The Kier molecular flexibility index (Phi) is 6.05. The highest BCUT2D eigenvalue weighted by Crippen LogP contribution is 2.38. The molecule has 0 bridgehead atoms. The van der Waals surface area contributed by atoms with Crippen LogP contribution in [-0.4, -0.2) is 38.3 Å². The van der Waals surface area contributed by atoms with E-state index in [9.17, 15) is 10.1 Å². The van der Waals surface area contributed by atoms with E-state index in [4.69, 9.17) is 14.2 Å². The van der Waals surface area contributed by atoms with Crippen molar-refractivity contribution < 1.29 is 19.1 Å². The molecule has 7 heteroatoms. The molecule has 0 aliphatic carbocycles. The van der Waals surface area contributed by atoms with Crippen molar-refractivity contribution in [3.63, 3.8) is 0 Å². The molecule has 1 N–H and O–H groups in total. The summed E-state index contributed by atoms with van der Waals surface area (Å²) in [5, 5.41) is 14.2. The number of rotatable bonds is 8. The van der Waals surface area contributed by atoms with E-state index in [0.29, 0.717) is 30.7 Å². The summed E-state index contributed by atoms with van der Waals surface area (Å²) in [7, 11) is 2.89. The van der Waals surface area contributed by atoms with Crippen LogP contribution < -0.4 is 19.5 Å². The largest absolute Gasteiger partial charge is 0.493 e. The van der Waals surface area contributed by atoms with Crippen molar-refractivity contribution in [1.82, 2.24) is 5.32 Å². The summed E-state index contributed by atoms with van der Waals surface area (Å²) in [4.78, 5) is 10.5. The lowest BCUT2D eigenvalue weighted by Crippen LogP contribution is -2.27. The van der Waals surface area contributed by atoms with Crippen molar-refractivity contribution in [2.75, 3.05) is 27.4 Å². The third-order valence-electron chi connectivity index (χ3n) is 2.57. The molecule has 0 aliphatic heterocycles. The highest BCUT2D eigenvalue weighted by Gasteiger charge is 2.20. The Hall–Kier alpha value is -2.02. The Labute approximate surface area is 118 Å². The van der Waals surface area contributed by atoms with Gasteiger partial charge in [-0.25, -0.2) is 0 Å². The Balaban J connectivity index is 2.89. The van der Waals surface area contributed by atoms with Crippen molar-refractivity contribution in [3.05, 3.63) is 22.2 Å². The summed E-state index contributed by atoms with van der Waals surface area (Å²) in [6.07, 6.45) is 0. The van der Waals surface area contributed by atoms with Crippen LogP contribution in [0.3, 0.4) is 0 Å². The molecule has 20 heavy (non-hydrogen) atoms. The predicted octanol–water partition coefficient (Wildman–Crippen LogP) is 1.99. The van der Waals surface area contributed by atoms with Crippen LogP contribution in [0.25, 0.3) is 0 Å². The minimum atomic E-state index is -0.507. The number of hydrogen-bond donors (Lipinski definition) is 1. The lowest BCUT2D eigenvalue weighted by Gasteiger charge is -2.12. The third-order valence-corrected chi connectivity index (χ3v) is 2.57. The summed E-state index contributed by atoms with van der Waals surface area (Å²) in [5.74, 6) is 0.856. The smallest absolute Gasteiger partial charge is 0.314 e. The maximum atomic E-state index is 11.0. The summed E-state index contributed by atoms with van der Waals surface area (Å²) in [6.45, 7) is 4.95. The number of nitrogens with zero attached hydrogens (tertiary/aromatic N) is 1. The van der Waals surface area contributed by atoms with Crippen LogP contribution >= 0.6 is 0 Å². The second-order valence-electron chi connectivity index (χ2n) is 4.39. The summed E-state index contributed by atoms with van der Waals surface area (Å²) < 4.78 is 15.6. The van der Waals surface area contributed by atoms with E-state index in [0.717, 1.165) is 0 Å². The highest BCUT2D eigenvalue weighted by atomic mass is 16.6. The Bertz CT molecular complexity index is 462. The molecule has 0 atom stereocenters. The second kappa shape index (κ2) is 7.54. The molecule has 0 heterocycles. The van der Waals surface area contributed by atoms with Gasteiger partial charge in [-0.2, -0.15) is 0 Å². The van der Waals surface area contributed by atoms with E-state index in [1.807, 2.05) is 13.8 Å². The van der Waals surface area contributed by atoms with Gasteiger partial charge in [-0.05, 0) is 0 Å². The zero-order valence-corrected chi connectivity index (χ0v) is 12.1. The highest BCUT2D eigenvalue weighted by molar-refractivity contribution is 5.58. The monoisotopic (exact) mass is 284 g/mol. The second-order valence-corrected chi connectivity index (χ2v) is 4.39. The van der Waals surface area contributed by atoms with E-state index < -0.39 is 4.92 Å². The van der Waals surface area contributed by atoms with E-state index in [-0.39, 0.29) is 11.4 Å². The van der Waals surface area contributed by atoms with Crippen molar-refractivity contribution in [2.45, 2.75) is 19.9 Å². The molecule has 0 unspecified atom stereocenters. The molecule has 0 saturated carbocycles. The van der Waals surface area contributed by atoms with E-state index in [1.165, 1.54) is 26.4 Å². The van der Waals surface area contributed by atoms with Gasteiger partial charge < -0.3 is 19.5 Å².